The number of rotatable bonds is 2. The molecule has 0 saturated carbocycles. The first-order valence-electron chi connectivity index (χ1n) is 5.74. The minimum absolute atomic E-state index is 0.278. The third-order valence-electron chi connectivity index (χ3n) is 3.33. The van der Waals surface area contributed by atoms with Crippen molar-refractivity contribution >= 4 is 17.3 Å². The first-order valence-corrected chi connectivity index (χ1v) is 6.12. The monoisotopic (exact) mass is 250 g/mol. The van der Waals surface area contributed by atoms with Crippen LogP contribution in [0.1, 0.15) is 18.9 Å². The molecule has 1 heterocycles. The van der Waals surface area contributed by atoms with Crippen LogP contribution in [0.15, 0.2) is 18.2 Å². The Morgan fingerprint density at radius 2 is 2.35 bits per heavy atom. The molecule has 1 aromatic carbocycles. The van der Waals surface area contributed by atoms with E-state index in [0.29, 0.717) is 10.6 Å². The molecule has 1 fully saturated rings. The van der Waals surface area contributed by atoms with Gasteiger partial charge in [-0.15, -0.1) is 0 Å². The molecule has 1 aromatic rings. The van der Waals surface area contributed by atoms with Gasteiger partial charge in [0.15, 0.2) is 0 Å². The average Bonchev–Trinajstić information content (AvgIpc) is 2.78. The molecule has 0 bridgehead atoms. The highest BCUT2D eigenvalue weighted by atomic mass is 35.5. The maximum Gasteiger partial charge on any atom is 0.101 e. The van der Waals surface area contributed by atoms with Crippen molar-refractivity contribution in [1.29, 1.82) is 5.26 Å². The minimum Gasteiger partial charge on any atom is -0.393 e. The molecule has 1 aliphatic rings. The molecule has 0 amide bonds. The summed E-state index contributed by atoms with van der Waals surface area (Å²) in [6, 6.07) is 7.48. The zero-order chi connectivity index (χ0) is 12.4. The highest BCUT2D eigenvalue weighted by Gasteiger charge is 2.27. The largest absolute Gasteiger partial charge is 0.393 e. The quantitative estimate of drug-likeness (QED) is 0.877. The summed E-state index contributed by atoms with van der Waals surface area (Å²) < 4.78 is 0. The van der Waals surface area contributed by atoms with E-state index in [-0.39, 0.29) is 12.0 Å². The van der Waals surface area contributed by atoms with E-state index in [9.17, 15) is 5.11 Å². The molecule has 1 aliphatic heterocycles. The molecule has 0 spiro atoms. The van der Waals surface area contributed by atoms with Gasteiger partial charge in [0.25, 0.3) is 0 Å². The van der Waals surface area contributed by atoms with Crippen LogP contribution in [0.2, 0.25) is 5.02 Å². The maximum absolute atomic E-state index is 9.58. The highest BCUT2D eigenvalue weighted by Crippen LogP contribution is 2.30. The Bertz CT molecular complexity index is 453. The summed E-state index contributed by atoms with van der Waals surface area (Å²) >= 11 is 5.97. The summed E-state index contributed by atoms with van der Waals surface area (Å²) in [7, 11) is 0. The number of nitrogens with zero attached hydrogens (tertiary/aromatic N) is 2. The third-order valence-corrected chi connectivity index (χ3v) is 3.56. The van der Waals surface area contributed by atoms with Crippen molar-refractivity contribution in [2.75, 3.05) is 18.0 Å². The molecule has 2 unspecified atom stereocenters. The molecule has 0 aliphatic carbocycles. The first-order chi connectivity index (χ1) is 8.11. The topological polar surface area (TPSA) is 47.3 Å². The lowest BCUT2D eigenvalue weighted by Crippen LogP contribution is -2.24. The minimum atomic E-state index is -0.301. The standard InChI is InChI=1S/C13H15ClN2O/c1-9(17)11-4-5-16(8-11)13-6-12(14)3-2-10(13)7-15/h2-3,6,9,11,17H,4-5,8H2,1H3. The normalized spacial score (nSPS) is 21.3. The van der Waals surface area contributed by atoms with Crippen molar-refractivity contribution in [1.82, 2.24) is 0 Å². The van der Waals surface area contributed by atoms with Gasteiger partial charge in [-0.1, -0.05) is 11.6 Å². The van der Waals surface area contributed by atoms with Crippen molar-refractivity contribution in [2.24, 2.45) is 5.92 Å². The lowest BCUT2D eigenvalue weighted by atomic mass is 10.0. The predicted molar refractivity (Wildman–Crippen MR) is 68.2 cm³/mol. The number of halogens is 1. The Balaban J connectivity index is 2.24. The molecule has 1 saturated heterocycles. The average molecular weight is 251 g/mol. The van der Waals surface area contributed by atoms with Gasteiger partial charge in [0.1, 0.15) is 6.07 Å². The second-order valence-electron chi connectivity index (χ2n) is 4.51. The van der Waals surface area contributed by atoms with Crippen LogP contribution in [0.4, 0.5) is 5.69 Å². The van der Waals surface area contributed by atoms with E-state index in [1.807, 2.05) is 13.0 Å². The lowest BCUT2D eigenvalue weighted by Gasteiger charge is -2.21. The van der Waals surface area contributed by atoms with E-state index in [1.54, 1.807) is 12.1 Å². The summed E-state index contributed by atoms with van der Waals surface area (Å²) in [5.41, 5.74) is 1.52. The molecule has 4 heteroatoms. The maximum atomic E-state index is 9.58. The van der Waals surface area contributed by atoms with E-state index in [4.69, 9.17) is 16.9 Å². The SMILES string of the molecule is CC(O)C1CCN(c2cc(Cl)ccc2C#N)C1. The number of hydrogen-bond donors (Lipinski definition) is 1. The predicted octanol–water partition coefficient (Wildman–Crippen LogP) is 2.42. The molecular formula is C13H15ClN2O. The van der Waals surface area contributed by atoms with Gasteiger partial charge < -0.3 is 10.0 Å². The van der Waals surface area contributed by atoms with Gasteiger partial charge in [-0.2, -0.15) is 5.26 Å². The molecular weight excluding hydrogens is 236 g/mol. The molecule has 0 radical (unpaired) electrons. The van der Waals surface area contributed by atoms with Crippen molar-refractivity contribution in [3.8, 4) is 6.07 Å². The number of benzene rings is 1. The second kappa shape index (κ2) is 4.95. The van der Waals surface area contributed by atoms with Crippen LogP contribution in [-0.4, -0.2) is 24.3 Å². The summed E-state index contributed by atoms with van der Waals surface area (Å²) in [4.78, 5) is 2.13. The fourth-order valence-electron chi connectivity index (χ4n) is 2.26. The number of hydrogen-bond acceptors (Lipinski definition) is 3. The van der Waals surface area contributed by atoms with Crippen molar-refractivity contribution in [2.45, 2.75) is 19.4 Å². The van der Waals surface area contributed by atoms with Crippen molar-refractivity contribution in [3.63, 3.8) is 0 Å². The zero-order valence-electron chi connectivity index (χ0n) is 9.73. The third kappa shape index (κ3) is 2.54. The van der Waals surface area contributed by atoms with Gasteiger partial charge in [-0.25, -0.2) is 0 Å². The van der Waals surface area contributed by atoms with Crippen LogP contribution in [0.5, 0.6) is 0 Å². The van der Waals surface area contributed by atoms with Crippen LogP contribution in [0.3, 0.4) is 0 Å². The summed E-state index contributed by atoms with van der Waals surface area (Å²) in [6.45, 7) is 3.47. The van der Waals surface area contributed by atoms with Gasteiger partial charge >= 0.3 is 0 Å². The van der Waals surface area contributed by atoms with E-state index in [0.717, 1.165) is 25.2 Å². The molecule has 17 heavy (non-hydrogen) atoms. The number of nitriles is 1. The van der Waals surface area contributed by atoms with Crippen LogP contribution < -0.4 is 4.90 Å². The molecule has 2 atom stereocenters. The Morgan fingerprint density at radius 3 is 2.94 bits per heavy atom. The number of anilines is 1. The number of aliphatic hydroxyl groups excluding tert-OH is 1. The summed E-state index contributed by atoms with van der Waals surface area (Å²) in [5, 5.41) is 19.3. The smallest absolute Gasteiger partial charge is 0.101 e. The lowest BCUT2D eigenvalue weighted by molar-refractivity contribution is 0.136. The van der Waals surface area contributed by atoms with Gasteiger partial charge in [0.2, 0.25) is 0 Å². The molecule has 0 aromatic heterocycles. The zero-order valence-corrected chi connectivity index (χ0v) is 10.5. The fourth-order valence-corrected chi connectivity index (χ4v) is 2.43. The van der Waals surface area contributed by atoms with E-state index >= 15 is 0 Å². The van der Waals surface area contributed by atoms with Gasteiger partial charge in [-0.05, 0) is 31.5 Å². The van der Waals surface area contributed by atoms with E-state index in [1.165, 1.54) is 0 Å². The number of aliphatic hydroxyl groups is 1. The Kier molecular flexibility index (Phi) is 3.56. The van der Waals surface area contributed by atoms with Crippen molar-refractivity contribution in [3.05, 3.63) is 28.8 Å². The van der Waals surface area contributed by atoms with Crippen molar-refractivity contribution < 1.29 is 5.11 Å². The molecule has 90 valence electrons. The van der Waals surface area contributed by atoms with Crippen LogP contribution in [0, 0.1) is 17.2 Å². The Morgan fingerprint density at radius 1 is 1.59 bits per heavy atom. The van der Waals surface area contributed by atoms with Crippen LogP contribution >= 0.6 is 11.6 Å². The first kappa shape index (κ1) is 12.2. The summed E-state index contributed by atoms with van der Waals surface area (Å²) in [5.74, 6) is 0.278. The van der Waals surface area contributed by atoms with Crippen LogP contribution in [0.25, 0.3) is 0 Å². The Labute approximate surface area is 106 Å². The van der Waals surface area contributed by atoms with Gasteiger partial charge in [0.05, 0.1) is 17.4 Å². The Hall–Kier alpha value is -1.24. The van der Waals surface area contributed by atoms with Gasteiger partial charge in [0, 0.05) is 24.0 Å². The molecule has 1 N–H and O–H groups in total. The van der Waals surface area contributed by atoms with E-state index < -0.39 is 0 Å². The molecule has 3 nitrogen and oxygen atoms in total. The fraction of sp³-hybridized carbons (Fsp3) is 0.462. The molecule has 2 rings (SSSR count). The van der Waals surface area contributed by atoms with E-state index in [2.05, 4.69) is 11.0 Å². The van der Waals surface area contributed by atoms with Crippen LogP contribution in [-0.2, 0) is 0 Å². The highest BCUT2D eigenvalue weighted by molar-refractivity contribution is 6.30. The second-order valence-corrected chi connectivity index (χ2v) is 4.95. The van der Waals surface area contributed by atoms with Gasteiger partial charge in [-0.3, -0.25) is 0 Å². The summed E-state index contributed by atoms with van der Waals surface area (Å²) in [6.07, 6.45) is 0.652.